The molecule has 1 aromatic carbocycles. The van der Waals surface area contributed by atoms with Crippen LogP contribution in [-0.2, 0) is 9.84 Å². The van der Waals surface area contributed by atoms with Crippen molar-refractivity contribution in [3.63, 3.8) is 0 Å². The fourth-order valence-corrected chi connectivity index (χ4v) is 2.50. The number of sulfone groups is 1. The molecule has 0 spiro atoms. The molecule has 0 saturated heterocycles. The maximum absolute atomic E-state index is 11.6. The summed E-state index contributed by atoms with van der Waals surface area (Å²) in [4.78, 5) is 0.316. The molecule has 4 nitrogen and oxygen atoms in total. The fourth-order valence-electron chi connectivity index (χ4n) is 1.64. The third kappa shape index (κ3) is 4.36. The van der Waals surface area contributed by atoms with Crippen molar-refractivity contribution in [3.8, 4) is 0 Å². The maximum Gasteiger partial charge on any atom is 0.177 e. The van der Waals surface area contributed by atoms with Crippen molar-refractivity contribution < 1.29 is 13.5 Å². The Kier molecular flexibility index (Phi) is 4.96. The Morgan fingerprint density at radius 3 is 2.59 bits per heavy atom. The lowest BCUT2D eigenvalue weighted by atomic mass is 10.2. The molecular weight excluding hydrogens is 238 g/mol. The molecule has 0 amide bonds. The van der Waals surface area contributed by atoms with Gasteiger partial charge in [-0.3, -0.25) is 0 Å². The lowest BCUT2D eigenvalue weighted by Gasteiger charge is -2.16. The summed E-state index contributed by atoms with van der Waals surface area (Å²) in [6.07, 6.45) is 2.70. The number of hydrogen-bond acceptors (Lipinski definition) is 4. The van der Waals surface area contributed by atoms with Crippen molar-refractivity contribution in [2.45, 2.75) is 30.7 Å². The molecule has 0 aliphatic rings. The molecule has 1 unspecified atom stereocenters. The largest absolute Gasteiger partial charge is 0.396 e. The summed E-state index contributed by atoms with van der Waals surface area (Å²) in [5.74, 6) is 0. The van der Waals surface area contributed by atoms with E-state index in [0.717, 1.165) is 6.42 Å². The van der Waals surface area contributed by atoms with Crippen molar-refractivity contribution in [3.05, 3.63) is 24.3 Å². The smallest absolute Gasteiger partial charge is 0.177 e. The number of hydrogen-bond donors (Lipinski definition) is 2. The van der Waals surface area contributed by atoms with Crippen molar-refractivity contribution >= 4 is 15.5 Å². The first kappa shape index (κ1) is 14.0. The minimum atomic E-state index is -3.21. The van der Waals surface area contributed by atoms with Crippen LogP contribution < -0.4 is 5.32 Å². The number of nitrogens with one attached hydrogen (secondary N) is 1. The third-order valence-electron chi connectivity index (χ3n) is 2.48. The van der Waals surface area contributed by atoms with E-state index >= 15 is 0 Å². The molecule has 1 aromatic rings. The van der Waals surface area contributed by atoms with Crippen LogP contribution in [0.25, 0.3) is 0 Å². The minimum absolute atomic E-state index is 0.130. The molecular formula is C12H19NO3S. The normalized spacial score (nSPS) is 13.4. The summed E-state index contributed by atoms with van der Waals surface area (Å²) in [6, 6.07) is 6.99. The fraction of sp³-hybridized carbons (Fsp3) is 0.500. The Bertz CT molecular complexity index is 457. The van der Waals surface area contributed by atoms with Gasteiger partial charge in [0.15, 0.2) is 9.84 Å². The Labute approximate surface area is 103 Å². The van der Waals surface area contributed by atoms with Gasteiger partial charge < -0.3 is 10.4 Å². The van der Waals surface area contributed by atoms with Gasteiger partial charge in [0.1, 0.15) is 0 Å². The first-order valence-electron chi connectivity index (χ1n) is 5.61. The molecule has 0 saturated carbocycles. The Morgan fingerprint density at radius 1 is 1.35 bits per heavy atom. The molecule has 1 rings (SSSR count). The van der Waals surface area contributed by atoms with Crippen molar-refractivity contribution in [1.82, 2.24) is 0 Å². The van der Waals surface area contributed by atoms with Gasteiger partial charge in [-0.15, -0.1) is 0 Å². The van der Waals surface area contributed by atoms with Gasteiger partial charge in [-0.1, -0.05) is 12.1 Å². The lowest BCUT2D eigenvalue weighted by molar-refractivity contribution is 0.282. The number of aliphatic hydroxyl groups is 1. The number of aliphatic hydroxyl groups excluding tert-OH is 1. The Balaban J connectivity index is 2.84. The van der Waals surface area contributed by atoms with Crippen LogP contribution in [0.3, 0.4) is 0 Å². The molecule has 2 N–H and O–H groups in total. The first-order valence-corrected chi connectivity index (χ1v) is 7.50. The van der Waals surface area contributed by atoms with Gasteiger partial charge in [0.2, 0.25) is 0 Å². The predicted octanol–water partition coefficient (Wildman–Crippen LogP) is 1.66. The van der Waals surface area contributed by atoms with Crippen LogP contribution in [0.15, 0.2) is 29.2 Å². The second-order valence-electron chi connectivity index (χ2n) is 4.18. The average Bonchev–Trinajstić information content (AvgIpc) is 2.25. The van der Waals surface area contributed by atoms with E-state index in [0.29, 0.717) is 17.0 Å². The van der Waals surface area contributed by atoms with E-state index in [4.69, 9.17) is 5.11 Å². The summed E-state index contributed by atoms with van der Waals surface area (Å²) in [7, 11) is -3.21. The van der Waals surface area contributed by atoms with Gasteiger partial charge in [0.05, 0.1) is 10.6 Å². The quantitative estimate of drug-likeness (QED) is 0.813. The summed E-state index contributed by atoms with van der Waals surface area (Å²) in [5.41, 5.74) is 0.625. The average molecular weight is 257 g/mol. The van der Waals surface area contributed by atoms with Crippen molar-refractivity contribution in [1.29, 1.82) is 0 Å². The Hall–Kier alpha value is -1.07. The molecule has 0 aromatic heterocycles. The van der Waals surface area contributed by atoms with E-state index < -0.39 is 9.84 Å². The molecule has 0 heterocycles. The van der Waals surface area contributed by atoms with Crippen LogP contribution in [0.2, 0.25) is 0 Å². The van der Waals surface area contributed by atoms with E-state index in [1.165, 1.54) is 6.26 Å². The monoisotopic (exact) mass is 257 g/mol. The van der Waals surface area contributed by atoms with Crippen LogP contribution in [0.5, 0.6) is 0 Å². The van der Waals surface area contributed by atoms with Crippen molar-refractivity contribution in [2.24, 2.45) is 0 Å². The van der Waals surface area contributed by atoms with Gasteiger partial charge in [-0.05, 0) is 31.9 Å². The zero-order valence-electron chi connectivity index (χ0n) is 10.2. The molecule has 0 radical (unpaired) electrons. The molecule has 0 aliphatic heterocycles. The highest BCUT2D eigenvalue weighted by atomic mass is 32.2. The predicted molar refractivity (Wildman–Crippen MR) is 69.0 cm³/mol. The molecule has 5 heteroatoms. The van der Waals surface area contributed by atoms with Crippen LogP contribution in [0.1, 0.15) is 19.8 Å². The molecule has 17 heavy (non-hydrogen) atoms. The zero-order chi connectivity index (χ0) is 12.9. The SMILES string of the molecule is CC(CCCO)Nc1ccccc1S(C)(=O)=O. The maximum atomic E-state index is 11.6. The van der Waals surface area contributed by atoms with E-state index in [9.17, 15) is 8.42 Å². The Morgan fingerprint density at radius 2 is 2.00 bits per heavy atom. The van der Waals surface area contributed by atoms with Gasteiger partial charge in [-0.25, -0.2) is 8.42 Å². The number of benzene rings is 1. The van der Waals surface area contributed by atoms with E-state index in [1.54, 1.807) is 24.3 Å². The van der Waals surface area contributed by atoms with Gasteiger partial charge in [-0.2, -0.15) is 0 Å². The summed E-state index contributed by atoms with van der Waals surface area (Å²) in [5, 5.41) is 11.9. The van der Waals surface area contributed by atoms with E-state index in [2.05, 4.69) is 5.32 Å². The highest BCUT2D eigenvalue weighted by Gasteiger charge is 2.13. The zero-order valence-corrected chi connectivity index (χ0v) is 11.0. The molecule has 96 valence electrons. The third-order valence-corrected chi connectivity index (χ3v) is 3.64. The van der Waals surface area contributed by atoms with E-state index in [1.807, 2.05) is 6.92 Å². The summed E-state index contributed by atoms with van der Waals surface area (Å²) >= 11 is 0. The van der Waals surface area contributed by atoms with Crippen LogP contribution in [0.4, 0.5) is 5.69 Å². The molecule has 0 aliphatic carbocycles. The first-order chi connectivity index (χ1) is 7.95. The standard InChI is InChI=1S/C12H19NO3S/c1-10(6-5-9-14)13-11-7-3-4-8-12(11)17(2,15)16/h3-4,7-8,10,13-14H,5-6,9H2,1-2H3. The summed E-state index contributed by atoms with van der Waals surface area (Å²) < 4.78 is 23.1. The number of para-hydroxylation sites is 1. The summed E-state index contributed by atoms with van der Waals surface area (Å²) in [6.45, 7) is 2.12. The molecule has 1 atom stereocenters. The van der Waals surface area contributed by atoms with Crippen LogP contribution >= 0.6 is 0 Å². The molecule has 0 fully saturated rings. The highest BCUT2D eigenvalue weighted by molar-refractivity contribution is 7.90. The van der Waals surface area contributed by atoms with E-state index in [-0.39, 0.29) is 12.6 Å². The molecule has 0 bridgehead atoms. The number of rotatable bonds is 6. The topological polar surface area (TPSA) is 66.4 Å². The van der Waals surface area contributed by atoms with Crippen LogP contribution in [-0.4, -0.2) is 32.4 Å². The van der Waals surface area contributed by atoms with Crippen LogP contribution in [0, 0.1) is 0 Å². The minimum Gasteiger partial charge on any atom is -0.396 e. The highest BCUT2D eigenvalue weighted by Crippen LogP contribution is 2.21. The second-order valence-corrected chi connectivity index (χ2v) is 6.16. The van der Waals surface area contributed by atoms with Crippen molar-refractivity contribution in [2.75, 3.05) is 18.2 Å². The van der Waals surface area contributed by atoms with Gasteiger partial charge >= 0.3 is 0 Å². The lowest BCUT2D eigenvalue weighted by Crippen LogP contribution is -2.17. The number of anilines is 1. The second kappa shape index (κ2) is 6.02. The van der Waals surface area contributed by atoms with Gasteiger partial charge in [0, 0.05) is 18.9 Å². The van der Waals surface area contributed by atoms with Gasteiger partial charge in [0.25, 0.3) is 0 Å².